The summed E-state index contributed by atoms with van der Waals surface area (Å²) in [4.78, 5) is 14.6. The van der Waals surface area contributed by atoms with E-state index in [1.54, 1.807) is 12.0 Å². The number of hydrogen-bond acceptors (Lipinski definition) is 2. The highest BCUT2D eigenvalue weighted by Gasteiger charge is 2.19. The van der Waals surface area contributed by atoms with Crippen molar-refractivity contribution in [2.45, 2.75) is 19.4 Å². The normalized spacial score (nSPS) is 12.0. The molecule has 0 N–H and O–H groups in total. The van der Waals surface area contributed by atoms with Crippen molar-refractivity contribution in [2.75, 3.05) is 14.2 Å². The van der Waals surface area contributed by atoms with E-state index < -0.39 is 0 Å². The molecule has 0 radical (unpaired) electrons. The molecule has 3 rings (SSSR count). The van der Waals surface area contributed by atoms with E-state index in [0.717, 1.165) is 27.6 Å². The van der Waals surface area contributed by atoms with Gasteiger partial charge in [-0.1, -0.05) is 54.6 Å². The maximum Gasteiger partial charge on any atom is 0.229 e. The van der Waals surface area contributed by atoms with Gasteiger partial charge in [0, 0.05) is 13.6 Å². The zero-order valence-electron chi connectivity index (χ0n) is 14.9. The number of fused-ring (bicyclic) bond motifs is 1. The number of carbonyl (C=O) groups excluding carboxylic acids is 1. The van der Waals surface area contributed by atoms with Crippen molar-refractivity contribution in [1.29, 1.82) is 0 Å². The van der Waals surface area contributed by atoms with Crippen molar-refractivity contribution in [2.24, 2.45) is 0 Å². The van der Waals surface area contributed by atoms with Crippen molar-refractivity contribution in [3.05, 3.63) is 77.9 Å². The molecule has 0 aliphatic rings. The summed E-state index contributed by atoms with van der Waals surface area (Å²) in [6, 6.07) is 22.2. The number of methoxy groups -OCH3 is 1. The van der Waals surface area contributed by atoms with Crippen LogP contribution in [-0.2, 0) is 11.3 Å². The molecule has 1 unspecified atom stereocenters. The van der Waals surface area contributed by atoms with Crippen LogP contribution in [0.5, 0.6) is 5.75 Å². The molecule has 0 bridgehead atoms. The number of benzene rings is 3. The minimum Gasteiger partial charge on any atom is -0.497 e. The van der Waals surface area contributed by atoms with Crippen LogP contribution in [0.3, 0.4) is 0 Å². The van der Waals surface area contributed by atoms with Crippen molar-refractivity contribution < 1.29 is 9.53 Å². The number of rotatable bonds is 5. The molecule has 25 heavy (non-hydrogen) atoms. The first kappa shape index (κ1) is 17.0. The summed E-state index contributed by atoms with van der Waals surface area (Å²) in [5, 5.41) is 2.23. The maximum atomic E-state index is 12.8. The van der Waals surface area contributed by atoms with Gasteiger partial charge in [-0.25, -0.2) is 0 Å². The molecule has 3 aromatic rings. The quantitative estimate of drug-likeness (QED) is 0.682. The minimum absolute atomic E-state index is 0.122. The summed E-state index contributed by atoms with van der Waals surface area (Å²) in [7, 11) is 3.52. The van der Waals surface area contributed by atoms with E-state index in [-0.39, 0.29) is 11.8 Å². The van der Waals surface area contributed by atoms with Crippen LogP contribution < -0.4 is 4.74 Å². The Balaban J connectivity index is 1.78. The number of carbonyl (C=O) groups is 1. The van der Waals surface area contributed by atoms with Crippen LogP contribution in [0.1, 0.15) is 24.0 Å². The highest BCUT2D eigenvalue weighted by molar-refractivity contribution is 5.88. The van der Waals surface area contributed by atoms with Gasteiger partial charge in [0.05, 0.1) is 13.0 Å². The average molecular weight is 333 g/mol. The van der Waals surface area contributed by atoms with Gasteiger partial charge in [0.2, 0.25) is 5.91 Å². The third-order valence-corrected chi connectivity index (χ3v) is 4.58. The highest BCUT2D eigenvalue weighted by atomic mass is 16.5. The van der Waals surface area contributed by atoms with Gasteiger partial charge in [-0.05, 0) is 41.0 Å². The van der Waals surface area contributed by atoms with E-state index in [2.05, 4.69) is 6.07 Å². The van der Waals surface area contributed by atoms with Gasteiger partial charge < -0.3 is 9.64 Å². The topological polar surface area (TPSA) is 29.5 Å². The Morgan fingerprint density at radius 1 is 1.00 bits per heavy atom. The van der Waals surface area contributed by atoms with E-state index in [1.165, 1.54) is 0 Å². The Hall–Kier alpha value is -2.81. The fraction of sp³-hybridized carbons (Fsp3) is 0.227. The molecular weight excluding hydrogens is 310 g/mol. The lowest BCUT2D eigenvalue weighted by Crippen LogP contribution is -2.30. The summed E-state index contributed by atoms with van der Waals surface area (Å²) in [6.07, 6.45) is 0. The molecule has 0 heterocycles. The second-order valence-corrected chi connectivity index (χ2v) is 6.37. The number of amides is 1. The highest BCUT2D eigenvalue weighted by Crippen LogP contribution is 2.26. The van der Waals surface area contributed by atoms with E-state index in [9.17, 15) is 4.79 Å². The molecule has 1 amide bonds. The van der Waals surface area contributed by atoms with Crippen LogP contribution in [0.2, 0.25) is 0 Å². The first-order chi connectivity index (χ1) is 12.1. The lowest BCUT2D eigenvalue weighted by atomic mass is 9.96. The van der Waals surface area contributed by atoms with Crippen molar-refractivity contribution in [1.82, 2.24) is 4.90 Å². The number of hydrogen-bond donors (Lipinski definition) is 0. The van der Waals surface area contributed by atoms with Gasteiger partial charge in [-0.3, -0.25) is 4.79 Å². The second kappa shape index (κ2) is 7.39. The molecule has 0 fully saturated rings. The molecule has 128 valence electrons. The van der Waals surface area contributed by atoms with Crippen molar-refractivity contribution in [3.8, 4) is 5.75 Å². The SMILES string of the molecule is COc1ccc2cc(C(C)C(=O)N(C)Cc3ccccc3)ccc2c1. The van der Waals surface area contributed by atoms with Crippen LogP contribution in [0.25, 0.3) is 10.8 Å². The zero-order valence-corrected chi connectivity index (χ0v) is 14.9. The van der Waals surface area contributed by atoms with Crippen LogP contribution in [0, 0.1) is 0 Å². The standard InChI is InChI=1S/C22H23NO2/c1-16(22(24)23(2)15-17-7-5-4-6-8-17)18-9-10-20-14-21(25-3)12-11-19(20)13-18/h4-14,16H,15H2,1-3H3. The lowest BCUT2D eigenvalue weighted by Gasteiger charge is -2.22. The van der Waals surface area contributed by atoms with Crippen molar-refractivity contribution >= 4 is 16.7 Å². The first-order valence-corrected chi connectivity index (χ1v) is 8.45. The van der Waals surface area contributed by atoms with Crippen LogP contribution in [-0.4, -0.2) is 25.0 Å². The Kier molecular flexibility index (Phi) is 5.03. The summed E-state index contributed by atoms with van der Waals surface area (Å²) >= 11 is 0. The van der Waals surface area contributed by atoms with Gasteiger partial charge in [-0.2, -0.15) is 0 Å². The van der Waals surface area contributed by atoms with E-state index in [4.69, 9.17) is 4.74 Å². The van der Waals surface area contributed by atoms with Crippen LogP contribution >= 0.6 is 0 Å². The largest absolute Gasteiger partial charge is 0.497 e. The Labute approximate surface area is 148 Å². The number of likely N-dealkylation sites (N-methyl/N-ethyl adjacent to an activating group) is 1. The smallest absolute Gasteiger partial charge is 0.229 e. The number of nitrogens with zero attached hydrogens (tertiary/aromatic N) is 1. The summed E-state index contributed by atoms with van der Waals surface area (Å²) in [6.45, 7) is 2.59. The third kappa shape index (κ3) is 3.82. The predicted octanol–water partition coefficient (Wildman–Crippen LogP) is 4.61. The zero-order chi connectivity index (χ0) is 17.8. The van der Waals surface area contributed by atoms with Gasteiger partial charge in [0.15, 0.2) is 0 Å². The fourth-order valence-corrected chi connectivity index (χ4v) is 3.05. The molecule has 0 aliphatic carbocycles. The predicted molar refractivity (Wildman–Crippen MR) is 102 cm³/mol. The van der Waals surface area contributed by atoms with Crippen LogP contribution in [0.4, 0.5) is 0 Å². The Morgan fingerprint density at radius 3 is 2.40 bits per heavy atom. The van der Waals surface area contributed by atoms with Gasteiger partial charge in [0.1, 0.15) is 5.75 Å². The molecular formula is C22H23NO2. The molecule has 3 aromatic carbocycles. The Morgan fingerprint density at radius 2 is 1.68 bits per heavy atom. The fourth-order valence-electron chi connectivity index (χ4n) is 3.05. The first-order valence-electron chi connectivity index (χ1n) is 8.45. The van der Waals surface area contributed by atoms with E-state index in [0.29, 0.717) is 6.54 Å². The van der Waals surface area contributed by atoms with Crippen LogP contribution in [0.15, 0.2) is 66.7 Å². The van der Waals surface area contributed by atoms with E-state index >= 15 is 0 Å². The van der Waals surface area contributed by atoms with Gasteiger partial charge in [-0.15, -0.1) is 0 Å². The minimum atomic E-state index is -0.180. The molecule has 0 saturated carbocycles. The summed E-state index contributed by atoms with van der Waals surface area (Å²) in [5.74, 6) is 0.781. The molecule has 3 heteroatoms. The summed E-state index contributed by atoms with van der Waals surface area (Å²) in [5.41, 5.74) is 2.17. The third-order valence-electron chi connectivity index (χ3n) is 4.58. The Bertz CT molecular complexity index is 874. The maximum absolute atomic E-state index is 12.8. The molecule has 0 spiro atoms. The van der Waals surface area contributed by atoms with Gasteiger partial charge in [0.25, 0.3) is 0 Å². The monoisotopic (exact) mass is 333 g/mol. The second-order valence-electron chi connectivity index (χ2n) is 6.37. The molecule has 0 aromatic heterocycles. The van der Waals surface area contributed by atoms with Gasteiger partial charge >= 0.3 is 0 Å². The van der Waals surface area contributed by atoms with E-state index in [1.807, 2.05) is 74.6 Å². The molecule has 3 nitrogen and oxygen atoms in total. The average Bonchev–Trinajstić information content (AvgIpc) is 2.66. The molecule has 0 aliphatic heterocycles. The number of ether oxygens (including phenoxy) is 1. The molecule has 1 atom stereocenters. The lowest BCUT2D eigenvalue weighted by molar-refractivity contribution is -0.131. The van der Waals surface area contributed by atoms with Crippen molar-refractivity contribution in [3.63, 3.8) is 0 Å². The summed E-state index contributed by atoms with van der Waals surface area (Å²) < 4.78 is 5.27. The molecule has 0 saturated heterocycles.